The first-order chi connectivity index (χ1) is 8.88. The van der Waals surface area contributed by atoms with Crippen molar-refractivity contribution >= 4 is 16.7 Å². The zero-order valence-corrected chi connectivity index (χ0v) is 10.4. The first-order valence-corrected chi connectivity index (χ1v) is 6.62. The van der Waals surface area contributed by atoms with Gasteiger partial charge in [-0.05, 0) is 37.5 Å². The van der Waals surface area contributed by atoms with E-state index in [2.05, 4.69) is 29.2 Å². The summed E-state index contributed by atoms with van der Waals surface area (Å²) in [6.45, 7) is 1.31. The molecule has 0 aliphatic carbocycles. The number of fused-ring (bicyclic) bond motifs is 1. The van der Waals surface area contributed by atoms with Crippen molar-refractivity contribution in [3.05, 3.63) is 36.4 Å². The van der Waals surface area contributed by atoms with Crippen LogP contribution in [0.15, 0.2) is 36.4 Å². The third kappa shape index (κ3) is 2.06. The Morgan fingerprint density at radius 2 is 2.11 bits per heavy atom. The van der Waals surface area contributed by atoms with Crippen LogP contribution < -0.4 is 4.90 Å². The van der Waals surface area contributed by atoms with E-state index in [1.807, 2.05) is 12.1 Å². The molecule has 1 aromatic heterocycles. The van der Waals surface area contributed by atoms with E-state index in [1.165, 1.54) is 11.8 Å². The van der Waals surface area contributed by atoms with E-state index in [1.54, 1.807) is 0 Å². The lowest BCUT2D eigenvalue weighted by molar-refractivity contribution is 0.275. The molecule has 1 aliphatic rings. The van der Waals surface area contributed by atoms with Crippen LogP contribution in [-0.2, 0) is 0 Å². The molecule has 1 saturated heterocycles. The molecule has 1 N–H and O–H groups in total. The average molecular weight is 242 g/mol. The largest absolute Gasteiger partial charge is 0.396 e. The van der Waals surface area contributed by atoms with Crippen LogP contribution >= 0.6 is 0 Å². The molecule has 3 heteroatoms. The van der Waals surface area contributed by atoms with Gasteiger partial charge in [0.2, 0.25) is 0 Å². The van der Waals surface area contributed by atoms with Crippen molar-refractivity contribution in [3.8, 4) is 0 Å². The Kier molecular flexibility index (Phi) is 3.15. The second-order valence-electron chi connectivity index (χ2n) is 4.86. The van der Waals surface area contributed by atoms with Gasteiger partial charge in [0.05, 0.1) is 5.52 Å². The summed E-state index contributed by atoms with van der Waals surface area (Å²) in [6.07, 6.45) is 3.20. The minimum absolute atomic E-state index is 0.259. The van der Waals surface area contributed by atoms with Crippen molar-refractivity contribution in [1.29, 1.82) is 0 Å². The van der Waals surface area contributed by atoms with E-state index in [-0.39, 0.29) is 6.61 Å². The highest BCUT2D eigenvalue weighted by Gasteiger charge is 2.24. The number of aliphatic hydroxyl groups excluding tert-OH is 1. The number of para-hydroxylation sites is 1. The summed E-state index contributed by atoms with van der Waals surface area (Å²) in [5.74, 6) is 1.05. The molecule has 1 unspecified atom stereocenters. The number of benzene rings is 1. The summed E-state index contributed by atoms with van der Waals surface area (Å²) in [5.41, 5.74) is 1.05. The lowest BCUT2D eigenvalue weighted by atomic mass is 10.1. The van der Waals surface area contributed by atoms with Crippen LogP contribution in [0.1, 0.15) is 19.3 Å². The number of rotatable bonds is 3. The van der Waals surface area contributed by atoms with Crippen LogP contribution in [0.2, 0.25) is 0 Å². The highest BCUT2D eigenvalue weighted by atomic mass is 16.3. The minimum Gasteiger partial charge on any atom is -0.396 e. The van der Waals surface area contributed by atoms with Gasteiger partial charge >= 0.3 is 0 Å². The second kappa shape index (κ2) is 4.94. The van der Waals surface area contributed by atoms with Gasteiger partial charge in [-0.2, -0.15) is 0 Å². The molecule has 0 amide bonds. The molecule has 0 radical (unpaired) electrons. The van der Waals surface area contributed by atoms with E-state index >= 15 is 0 Å². The molecular formula is C15H18N2O. The van der Waals surface area contributed by atoms with Crippen LogP contribution in [0.4, 0.5) is 5.82 Å². The molecule has 2 aromatic rings. The molecule has 3 rings (SSSR count). The average Bonchev–Trinajstić information content (AvgIpc) is 2.87. The van der Waals surface area contributed by atoms with E-state index < -0.39 is 0 Å². The molecule has 0 bridgehead atoms. The second-order valence-corrected chi connectivity index (χ2v) is 4.86. The maximum absolute atomic E-state index is 9.12. The fraction of sp³-hybridized carbons (Fsp3) is 0.400. The van der Waals surface area contributed by atoms with Crippen LogP contribution in [-0.4, -0.2) is 29.3 Å². The van der Waals surface area contributed by atoms with E-state index in [0.29, 0.717) is 6.04 Å². The number of hydrogen-bond donors (Lipinski definition) is 1. The predicted molar refractivity (Wildman–Crippen MR) is 73.8 cm³/mol. The normalized spacial score (nSPS) is 19.6. The molecule has 0 spiro atoms. The maximum Gasteiger partial charge on any atom is 0.129 e. The van der Waals surface area contributed by atoms with E-state index in [9.17, 15) is 0 Å². The molecule has 1 aromatic carbocycles. The van der Waals surface area contributed by atoms with Crippen molar-refractivity contribution in [3.63, 3.8) is 0 Å². The third-order valence-corrected chi connectivity index (χ3v) is 3.72. The monoisotopic (exact) mass is 242 g/mol. The van der Waals surface area contributed by atoms with Gasteiger partial charge in [-0.15, -0.1) is 0 Å². The number of anilines is 1. The van der Waals surface area contributed by atoms with Gasteiger partial charge in [-0.25, -0.2) is 4.98 Å². The van der Waals surface area contributed by atoms with Gasteiger partial charge in [0, 0.05) is 24.6 Å². The summed E-state index contributed by atoms with van der Waals surface area (Å²) in [7, 11) is 0. The Hall–Kier alpha value is -1.61. The zero-order chi connectivity index (χ0) is 12.4. The summed E-state index contributed by atoms with van der Waals surface area (Å²) >= 11 is 0. The first kappa shape index (κ1) is 11.5. The van der Waals surface area contributed by atoms with Gasteiger partial charge in [0.1, 0.15) is 5.82 Å². The standard InChI is InChI=1S/C15H18N2O/c18-11-9-13-5-3-10-17(13)15-8-7-12-4-1-2-6-14(12)16-15/h1-2,4,6-8,13,18H,3,5,9-11H2. The fourth-order valence-corrected chi connectivity index (χ4v) is 2.80. The summed E-state index contributed by atoms with van der Waals surface area (Å²) in [6, 6.07) is 12.9. The Balaban J connectivity index is 1.93. The molecule has 94 valence electrons. The molecule has 18 heavy (non-hydrogen) atoms. The highest BCUT2D eigenvalue weighted by molar-refractivity contribution is 5.80. The lowest BCUT2D eigenvalue weighted by Crippen LogP contribution is -2.30. The zero-order valence-electron chi connectivity index (χ0n) is 10.4. The van der Waals surface area contributed by atoms with E-state index in [4.69, 9.17) is 10.1 Å². The maximum atomic E-state index is 9.12. The summed E-state index contributed by atoms with van der Waals surface area (Å²) in [5, 5.41) is 10.3. The first-order valence-electron chi connectivity index (χ1n) is 6.62. The van der Waals surface area contributed by atoms with Gasteiger partial charge in [0.25, 0.3) is 0 Å². The number of nitrogens with zero attached hydrogens (tertiary/aromatic N) is 2. The van der Waals surface area contributed by atoms with Gasteiger partial charge < -0.3 is 10.0 Å². The van der Waals surface area contributed by atoms with Crippen molar-refractivity contribution in [1.82, 2.24) is 4.98 Å². The predicted octanol–water partition coefficient (Wildman–Crippen LogP) is 2.59. The molecule has 1 atom stereocenters. The van der Waals surface area contributed by atoms with Gasteiger partial charge in [-0.3, -0.25) is 0 Å². The highest BCUT2D eigenvalue weighted by Crippen LogP contribution is 2.27. The Labute approximate surface area is 107 Å². The smallest absolute Gasteiger partial charge is 0.129 e. The van der Waals surface area contributed by atoms with E-state index in [0.717, 1.165) is 30.7 Å². The summed E-state index contributed by atoms with van der Waals surface area (Å²) < 4.78 is 0. The van der Waals surface area contributed by atoms with Crippen LogP contribution in [0.25, 0.3) is 10.9 Å². The van der Waals surface area contributed by atoms with Crippen molar-refractivity contribution < 1.29 is 5.11 Å². The van der Waals surface area contributed by atoms with Gasteiger partial charge in [0.15, 0.2) is 0 Å². The third-order valence-electron chi connectivity index (χ3n) is 3.72. The van der Waals surface area contributed by atoms with Crippen molar-refractivity contribution in [2.75, 3.05) is 18.1 Å². The Bertz CT molecular complexity index is 541. The molecule has 1 fully saturated rings. The fourth-order valence-electron chi connectivity index (χ4n) is 2.80. The molecule has 2 heterocycles. The van der Waals surface area contributed by atoms with Gasteiger partial charge in [-0.1, -0.05) is 18.2 Å². The molecule has 0 saturated carbocycles. The summed E-state index contributed by atoms with van der Waals surface area (Å²) in [4.78, 5) is 7.07. The minimum atomic E-state index is 0.259. The number of pyridine rings is 1. The number of hydrogen-bond acceptors (Lipinski definition) is 3. The SMILES string of the molecule is OCCC1CCCN1c1ccc2ccccc2n1. The van der Waals surface area contributed by atoms with Crippen LogP contribution in [0.3, 0.4) is 0 Å². The van der Waals surface area contributed by atoms with Crippen LogP contribution in [0.5, 0.6) is 0 Å². The Morgan fingerprint density at radius 1 is 1.22 bits per heavy atom. The quantitative estimate of drug-likeness (QED) is 0.898. The van der Waals surface area contributed by atoms with Crippen molar-refractivity contribution in [2.45, 2.75) is 25.3 Å². The molecular weight excluding hydrogens is 224 g/mol. The lowest BCUT2D eigenvalue weighted by Gasteiger charge is -2.25. The molecule has 1 aliphatic heterocycles. The number of aromatic nitrogens is 1. The molecule has 3 nitrogen and oxygen atoms in total. The van der Waals surface area contributed by atoms with Crippen LogP contribution in [0, 0.1) is 0 Å². The van der Waals surface area contributed by atoms with Crippen molar-refractivity contribution in [2.24, 2.45) is 0 Å². The Morgan fingerprint density at radius 3 is 3.00 bits per heavy atom. The number of aliphatic hydroxyl groups is 1. The topological polar surface area (TPSA) is 36.4 Å².